The van der Waals surface area contributed by atoms with Crippen molar-refractivity contribution in [2.45, 2.75) is 17.9 Å². The molecule has 1 amide bonds. The summed E-state index contributed by atoms with van der Waals surface area (Å²) in [6, 6.07) is 9.81. The molecule has 3 rings (SSSR count). The zero-order chi connectivity index (χ0) is 15.4. The third-order valence-electron chi connectivity index (χ3n) is 3.58. The van der Waals surface area contributed by atoms with E-state index in [0.717, 1.165) is 36.5 Å². The van der Waals surface area contributed by atoms with Crippen molar-refractivity contribution in [3.05, 3.63) is 42.2 Å². The van der Waals surface area contributed by atoms with Crippen molar-refractivity contribution >= 4 is 17.7 Å². The number of carbonyl (C=O) groups is 1. The van der Waals surface area contributed by atoms with Gasteiger partial charge in [0.1, 0.15) is 10.8 Å². The molecule has 0 saturated carbocycles. The third-order valence-corrected chi connectivity index (χ3v) is 4.49. The van der Waals surface area contributed by atoms with E-state index in [4.69, 9.17) is 0 Å². The topological polar surface area (TPSA) is 46.1 Å². The third kappa shape index (κ3) is 3.62. The largest absolute Gasteiger partial charge is 0.342 e. The zero-order valence-electron chi connectivity index (χ0n) is 12.0. The van der Waals surface area contributed by atoms with Gasteiger partial charge >= 0.3 is 0 Å². The van der Waals surface area contributed by atoms with E-state index in [-0.39, 0.29) is 11.7 Å². The van der Waals surface area contributed by atoms with E-state index in [2.05, 4.69) is 10.2 Å². The SMILES string of the molecule is O=C(CSc1ccc(-c2ccc(F)cc2)nn1)N1CCCC1. The molecule has 2 heterocycles. The Morgan fingerprint density at radius 3 is 2.45 bits per heavy atom. The number of amides is 1. The second-order valence-electron chi connectivity index (χ2n) is 5.14. The van der Waals surface area contributed by atoms with Crippen LogP contribution < -0.4 is 0 Å². The number of thioether (sulfide) groups is 1. The maximum absolute atomic E-state index is 12.9. The Balaban J connectivity index is 1.59. The Morgan fingerprint density at radius 1 is 1.09 bits per heavy atom. The van der Waals surface area contributed by atoms with Gasteiger partial charge < -0.3 is 4.90 Å². The summed E-state index contributed by atoms with van der Waals surface area (Å²) in [7, 11) is 0. The number of hydrogen-bond acceptors (Lipinski definition) is 4. The van der Waals surface area contributed by atoms with Gasteiger partial charge in [0.2, 0.25) is 5.91 Å². The summed E-state index contributed by atoms with van der Waals surface area (Å²) < 4.78 is 12.9. The summed E-state index contributed by atoms with van der Waals surface area (Å²) >= 11 is 1.40. The standard InChI is InChI=1S/C16H16FN3OS/c17-13-5-3-12(4-6-13)14-7-8-15(19-18-14)22-11-16(21)20-9-1-2-10-20/h3-8H,1-2,9-11H2. The maximum atomic E-state index is 12.9. The van der Waals surface area contributed by atoms with Crippen molar-refractivity contribution in [3.8, 4) is 11.3 Å². The van der Waals surface area contributed by atoms with Crippen LogP contribution in [-0.2, 0) is 4.79 Å². The first kappa shape index (κ1) is 15.0. The van der Waals surface area contributed by atoms with Gasteiger partial charge in [-0.15, -0.1) is 10.2 Å². The molecule has 0 atom stereocenters. The lowest BCUT2D eigenvalue weighted by molar-refractivity contribution is -0.127. The maximum Gasteiger partial charge on any atom is 0.232 e. The molecule has 0 spiro atoms. The van der Waals surface area contributed by atoms with Crippen LogP contribution in [-0.4, -0.2) is 39.8 Å². The van der Waals surface area contributed by atoms with E-state index >= 15 is 0 Å². The summed E-state index contributed by atoms with van der Waals surface area (Å²) in [4.78, 5) is 13.9. The zero-order valence-corrected chi connectivity index (χ0v) is 12.9. The van der Waals surface area contributed by atoms with Crippen molar-refractivity contribution < 1.29 is 9.18 Å². The van der Waals surface area contributed by atoms with Gasteiger partial charge in [0.05, 0.1) is 11.4 Å². The molecule has 1 aromatic carbocycles. The van der Waals surface area contributed by atoms with Crippen molar-refractivity contribution in [1.29, 1.82) is 0 Å². The highest BCUT2D eigenvalue weighted by atomic mass is 32.2. The Morgan fingerprint density at radius 2 is 1.82 bits per heavy atom. The van der Waals surface area contributed by atoms with Gasteiger partial charge in [-0.1, -0.05) is 11.8 Å². The lowest BCUT2D eigenvalue weighted by Crippen LogP contribution is -2.29. The molecule has 4 nitrogen and oxygen atoms in total. The minimum absolute atomic E-state index is 0.159. The van der Waals surface area contributed by atoms with Gasteiger partial charge in [0.15, 0.2) is 0 Å². The minimum Gasteiger partial charge on any atom is -0.342 e. The second-order valence-corrected chi connectivity index (χ2v) is 6.14. The van der Waals surface area contributed by atoms with Crippen LogP contribution >= 0.6 is 11.8 Å². The first-order valence-electron chi connectivity index (χ1n) is 7.22. The number of likely N-dealkylation sites (tertiary alicyclic amines) is 1. The summed E-state index contributed by atoms with van der Waals surface area (Å²) in [5, 5.41) is 8.98. The fraction of sp³-hybridized carbons (Fsp3) is 0.312. The number of carbonyl (C=O) groups excluding carboxylic acids is 1. The number of rotatable bonds is 4. The van der Waals surface area contributed by atoms with E-state index in [1.165, 1.54) is 23.9 Å². The monoisotopic (exact) mass is 317 g/mol. The summed E-state index contributed by atoms with van der Waals surface area (Å²) in [6.07, 6.45) is 2.20. The highest BCUT2D eigenvalue weighted by molar-refractivity contribution is 7.99. The fourth-order valence-corrected chi connectivity index (χ4v) is 3.08. The number of nitrogens with zero attached hydrogens (tertiary/aromatic N) is 3. The molecule has 6 heteroatoms. The van der Waals surface area contributed by atoms with Crippen LogP contribution in [0.1, 0.15) is 12.8 Å². The normalized spacial score (nSPS) is 14.3. The summed E-state index contributed by atoms with van der Waals surface area (Å²) in [5.74, 6) is 0.279. The number of aromatic nitrogens is 2. The molecular formula is C16H16FN3OS. The van der Waals surface area contributed by atoms with E-state index in [1.807, 2.05) is 17.0 Å². The Hall–Kier alpha value is -1.95. The first-order chi connectivity index (χ1) is 10.7. The fourth-order valence-electron chi connectivity index (χ4n) is 2.37. The van der Waals surface area contributed by atoms with Gasteiger partial charge in [-0.2, -0.15) is 0 Å². The quantitative estimate of drug-likeness (QED) is 0.813. The summed E-state index contributed by atoms with van der Waals surface area (Å²) in [6.45, 7) is 1.74. The van der Waals surface area contributed by atoms with E-state index in [9.17, 15) is 9.18 Å². The molecule has 0 radical (unpaired) electrons. The molecule has 22 heavy (non-hydrogen) atoms. The van der Waals surface area contributed by atoms with Crippen molar-refractivity contribution in [1.82, 2.24) is 15.1 Å². The molecule has 114 valence electrons. The highest BCUT2D eigenvalue weighted by Gasteiger charge is 2.17. The Kier molecular flexibility index (Phi) is 4.68. The molecule has 0 bridgehead atoms. The predicted octanol–water partition coefficient (Wildman–Crippen LogP) is 3.00. The lowest BCUT2D eigenvalue weighted by Gasteiger charge is -2.14. The first-order valence-corrected chi connectivity index (χ1v) is 8.21. The Labute approximate surface area is 132 Å². The highest BCUT2D eigenvalue weighted by Crippen LogP contribution is 2.21. The van der Waals surface area contributed by atoms with Gasteiger partial charge in [0.25, 0.3) is 0 Å². The van der Waals surface area contributed by atoms with Crippen LogP contribution in [0.25, 0.3) is 11.3 Å². The average Bonchev–Trinajstić information content (AvgIpc) is 3.08. The lowest BCUT2D eigenvalue weighted by atomic mass is 10.1. The van der Waals surface area contributed by atoms with E-state index in [1.54, 1.807) is 12.1 Å². The molecular weight excluding hydrogens is 301 g/mol. The van der Waals surface area contributed by atoms with Crippen LogP contribution in [0.5, 0.6) is 0 Å². The number of benzene rings is 1. The molecule has 0 unspecified atom stereocenters. The minimum atomic E-state index is -0.274. The van der Waals surface area contributed by atoms with Crippen molar-refractivity contribution in [2.24, 2.45) is 0 Å². The van der Waals surface area contributed by atoms with Crippen LogP contribution in [0.4, 0.5) is 4.39 Å². The van der Waals surface area contributed by atoms with Crippen LogP contribution in [0.3, 0.4) is 0 Å². The van der Waals surface area contributed by atoms with Crippen LogP contribution in [0, 0.1) is 5.82 Å². The average molecular weight is 317 g/mol. The van der Waals surface area contributed by atoms with E-state index in [0.29, 0.717) is 11.4 Å². The molecule has 1 aliphatic heterocycles. The van der Waals surface area contributed by atoms with Gasteiger partial charge in [-0.05, 0) is 49.2 Å². The predicted molar refractivity (Wildman–Crippen MR) is 84.0 cm³/mol. The second kappa shape index (κ2) is 6.87. The van der Waals surface area contributed by atoms with Crippen LogP contribution in [0.2, 0.25) is 0 Å². The van der Waals surface area contributed by atoms with Crippen molar-refractivity contribution in [3.63, 3.8) is 0 Å². The Bertz CT molecular complexity index is 639. The number of halogens is 1. The molecule has 1 saturated heterocycles. The van der Waals surface area contributed by atoms with Gasteiger partial charge in [-0.3, -0.25) is 4.79 Å². The smallest absolute Gasteiger partial charge is 0.232 e. The van der Waals surface area contributed by atoms with Crippen molar-refractivity contribution in [2.75, 3.05) is 18.8 Å². The number of hydrogen-bond donors (Lipinski definition) is 0. The molecule has 1 fully saturated rings. The van der Waals surface area contributed by atoms with Crippen LogP contribution in [0.15, 0.2) is 41.4 Å². The summed E-state index contributed by atoms with van der Waals surface area (Å²) in [5.41, 5.74) is 1.51. The molecule has 1 aliphatic rings. The molecule has 1 aromatic heterocycles. The molecule has 2 aromatic rings. The van der Waals surface area contributed by atoms with Gasteiger partial charge in [0, 0.05) is 18.7 Å². The van der Waals surface area contributed by atoms with Gasteiger partial charge in [-0.25, -0.2) is 4.39 Å². The molecule has 0 N–H and O–H groups in total. The van der Waals surface area contributed by atoms with E-state index < -0.39 is 0 Å². The molecule has 0 aliphatic carbocycles.